The first-order valence-corrected chi connectivity index (χ1v) is 8.70. The van der Waals surface area contributed by atoms with Crippen LogP contribution in [0.4, 0.5) is 5.69 Å². The molecule has 0 spiro atoms. The van der Waals surface area contributed by atoms with Crippen LogP contribution in [0.3, 0.4) is 0 Å². The van der Waals surface area contributed by atoms with Gasteiger partial charge in [-0.3, -0.25) is 0 Å². The van der Waals surface area contributed by atoms with E-state index < -0.39 is 5.41 Å². The van der Waals surface area contributed by atoms with E-state index in [2.05, 4.69) is 24.3 Å². The maximum absolute atomic E-state index is 9.97. The van der Waals surface area contributed by atoms with Crippen molar-refractivity contribution in [2.75, 3.05) is 19.0 Å². The fourth-order valence-electron chi connectivity index (χ4n) is 4.23. The largest absolute Gasteiger partial charge is 0.399 e. The van der Waals surface area contributed by atoms with Crippen molar-refractivity contribution >= 4 is 5.69 Å². The minimum absolute atomic E-state index is 0.0461. The van der Waals surface area contributed by atoms with Gasteiger partial charge in [0, 0.05) is 25.7 Å². The van der Waals surface area contributed by atoms with E-state index in [4.69, 9.17) is 5.73 Å². The minimum Gasteiger partial charge on any atom is -0.399 e. The monoisotopic (exact) mass is 343 g/mol. The van der Waals surface area contributed by atoms with E-state index >= 15 is 0 Å². The number of nitrogens with two attached hydrogens (primary N) is 1. The number of fused-ring (bicyclic) bond motifs is 1. The van der Waals surface area contributed by atoms with E-state index in [1.807, 2.05) is 43.3 Å². The molecule has 1 aromatic carbocycles. The van der Waals surface area contributed by atoms with Gasteiger partial charge < -0.3 is 10.6 Å². The number of hydrogen-bond acceptors (Lipinski definition) is 5. The Kier molecular flexibility index (Phi) is 4.45. The summed E-state index contributed by atoms with van der Waals surface area (Å²) in [6.07, 6.45) is 4.77. The quantitative estimate of drug-likeness (QED) is 0.887. The van der Waals surface area contributed by atoms with Crippen molar-refractivity contribution in [2.24, 2.45) is 17.1 Å². The fourth-order valence-corrected chi connectivity index (χ4v) is 4.23. The lowest BCUT2D eigenvalue weighted by Crippen LogP contribution is -2.42. The third kappa shape index (κ3) is 2.43. The lowest BCUT2D eigenvalue weighted by atomic mass is 9.57. The number of rotatable bonds is 2. The van der Waals surface area contributed by atoms with Crippen LogP contribution in [-0.2, 0) is 0 Å². The summed E-state index contributed by atoms with van der Waals surface area (Å²) in [5.74, 6) is -0.424. The third-order valence-electron chi connectivity index (χ3n) is 5.57. The van der Waals surface area contributed by atoms with Crippen LogP contribution in [0.1, 0.15) is 30.7 Å². The normalized spacial score (nSPS) is 23.7. The number of anilines is 1. The zero-order valence-electron chi connectivity index (χ0n) is 15.0. The van der Waals surface area contributed by atoms with E-state index in [0.717, 1.165) is 36.1 Å². The molecule has 0 aliphatic heterocycles. The summed E-state index contributed by atoms with van der Waals surface area (Å²) in [7, 11) is 3.93. The molecule has 2 aliphatic rings. The van der Waals surface area contributed by atoms with Gasteiger partial charge in [0.1, 0.15) is 6.07 Å². The van der Waals surface area contributed by atoms with Crippen LogP contribution >= 0.6 is 0 Å². The predicted octanol–water partition coefficient (Wildman–Crippen LogP) is 3.35. The third-order valence-corrected chi connectivity index (χ3v) is 5.57. The Bertz CT molecular complexity index is 886. The smallest absolute Gasteiger partial charge is 0.191 e. The van der Waals surface area contributed by atoms with Gasteiger partial charge in [-0.05, 0) is 48.4 Å². The first-order valence-electron chi connectivity index (χ1n) is 8.70. The van der Waals surface area contributed by atoms with Gasteiger partial charge in [0.2, 0.25) is 0 Å². The topological polar surface area (TPSA) is 101 Å². The predicted molar refractivity (Wildman–Crippen MR) is 99.4 cm³/mol. The molecule has 2 unspecified atom stereocenters. The lowest BCUT2D eigenvalue weighted by Gasteiger charge is -2.43. The van der Waals surface area contributed by atoms with Crippen molar-refractivity contribution in [1.29, 1.82) is 15.8 Å². The molecule has 0 aromatic heterocycles. The summed E-state index contributed by atoms with van der Waals surface area (Å²) in [6.45, 7) is 0. The molecule has 0 fully saturated rings. The van der Waals surface area contributed by atoms with Crippen molar-refractivity contribution in [3.63, 3.8) is 0 Å². The maximum Gasteiger partial charge on any atom is 0.191 e. The molecule has 3 rings (SSSR count). The molecule has 2 aliphatic carbocycles. The molecule has 0 heterocycles. The van der Waals surface area contributed by atoms with Crippen LogP contribution in [0.5, 0.6) is 0 Å². The summed E-state index contributed by atoms with van der Waals surface area (Å²) in [5.41, 5.74) is 8.02. The molecule has 0 radical (unpaired) electrons. The fraction of sp³-hybridized carbons (Fsp3) is 0.381. The number of nitrogens with zero attached hydrogens (tertiary/aromatic N) is 4. The van der Waals surface area contributed by atoms with Crippen molar-refractivity contribution in [3.8, 4) is 18.2 Å². The standard InChI is InChI=1S/C21H21N5/c1-26(2)15-9-7-14(8-10-15)19-17-6-4-3-5-16(17)18(11-22)20(25)21(19,12-23)13-24/h5,7-10,17,19H,3-4,6,25H2,1-2H3. The minimum atomic E-state index is -1.52. The first kappa shape index (κ1) is 17.6. The van der Waals surface area contributed by atoms with Crippen LogP contribution in [0.2, 0.25) is 0 Å². The van der Waals surface area contributed by atoms with Crippen LogP contribution in [-0.4, -0.2) is 14.1 Å². The van der Waals surface area contributed by atoms with Crippen LogP contribution < -0.4 is 10.6 Å². The van der Waals surface area contributed by atoms with Crippen molar-refractivity contribution in [2.45, 2.75) is 25.2 Å². The molecule has 130 valence electrons. The molecule has 2 atom stereocenters. The van der Waals surface area contributed by atoms with Gasteiger partial charge in [-0.25, -0.2) is 0 Å². The van der Waals surface area contributed by atoms with E-state index in [0.29, 0.717) is 5.57 Å². The Hall–Kier alpha value is -3.23. The molecule has 26 heavy (non-hydrogen) atoms. The zero-order valence-corrected chi connectivity index (χ0v) is 15.0. The summed E-state index contributed by atoms with van der Waals surface area (Å²) in [4.78, 5) is 2.00. The zero-order chi connectivity index (χ0) is 18.9. The van der Waals surface area contributed by atoms with E-state index in [-0.39, 0.29) is 17.5 Å². The number of benzene rings is 1. The number of hydrogen-bond donors (Lipinski definition) is 1. The average molecular weight is 343 g/mol. The molecule has 2 N–H and O–H groups in total. The molecule has 1 aromatic rings. The van der Waals surface area contributed by atoms with E-state index in [9.17, 15) is 15.8 Å². The number of allylic oxidation sites excluding steroid dienone is 4. The Morgan fingerprint density at radius 3 is 2.31 bits per heavy atom. The summed E-state index contributed by atoms with van der Waals surface area (Å²) >= 11 is 0. The Morgan fingerprint density at radius 2 is 1.77 bits per heavy atom. The molecule has 0 saturated carbocycles. The highest BCUT2D eigenvalue weighted by Crippen LogP contribution is 2.55. The maximum atomic E-state index is 9.97. The van der Waals surface area contributed by atoms with Gasteiger partial charge in [-0.15, -0.1) is 0 Å². The Morgan fingerprint density at radius 1 is 1.12 bits per heavy atom. The Balaban J connectivity index is 2.25. The van der Waals surface area contributed by atoms with Gasteiger partial charge in [0.15, 0.2) is 5.41 Å². The number of nitriles is 3. The molecule has 0 bridgehead atoms. The summed E-state index contributed by atoms with van der Waals surface area (Å²) in [6, 6.07) is 14.4. The second-order valence-electron chi connectivity index (χ2n) is 7.09. The molecule has 5 nitrogen and oxygen atoms in total. The van der Waals surface area contributed by atoms with Crippen LogP contribution in [0.15, 0.2) is 47.2 Å². The first-order chi connectivity index (χ1) is 12.5. The average Bonchev–Trinajstić information content (AvgIpc) is 2.67. The van der Waals surface area contributed by atoms with Crippen LogP contribution in [0, 0.1) is 45.3 Å². The second kappa shape index (κ2) is 6.58. The Labute approximate surface area is 154 Å². The highest BCUT2D eigenvalue weighted by molar-refractivity contribution is 5.59. The SMILES string of the molecule is CN(C)c1ccc(C2C3CCCC=C3C(C#N)=C(N)C2(C#N)C#N)cc1. The summed E-state index contributed by atoms with van der Waals surface area (Å²) in [5, 5.41) is 29.6. The van der Waals surface area contributed by atoms with E-state index in [1.165, 1.54) is 0 Å². The highest BCUT2D eigenvalue weighted by atomic mass is 15.1. The molecule has 0 saturated heterocycles. The molecular formula is C21H21N5. The van der Waals surface area contributed by atoms with Crippen molar-refractivity contribution < 1.29 is 0 Å². The van der Waals surface area contributed by atoms with Gasteiger partial charge in [-0.1, -0.05) is 18.2 Å². The molecular weight excluding hydrogens is 322 g/mol. The van der Waals surface area contributed by atoms with Gasteiger partial charge >= 0.3 is 0 Å². The molecule has 5 heteroatoms. The lowest BCUT2D eigenvalue weighted by molar-refractivity contribution is 0.317. The second-order valence-corrected chi connectivity index (χ2v) is 7.09. The van der Waals surface area contributed by atoms with Gasteiger partial charge in [0.25, 0.3) is 0 Å². The molecule has 0 amide bonds. The highest BCUT2D eigenvalue weighted by Gasteiger charge is 2.53. The van der Waals surface area contributed by atoms with Crippen molar-refractivity contribution in [1.82, 2.24) is 0 Å². The van der Waals surface area contributed by atoms with Crippen LogP contribution in [0.25, 0.3) is 0 Å². The van der Waals surface area contributed by atoms with Gasteiger partial charge in [-0.2, -0.15) is 15.8 Å². The van der Waals surface area contributed by atoms with Gasteiger partial charge in [0.05, 0.1) is 23.4 Å². The summed E-state index contributed by atoms with van der Waals surface area (Å²) < 4.78 is 0. The van der Waals surface area contributed by atoms with Crippen molar-refractivity contribution in [3.05, 3.63) is 52.7 Å². The van der Waals surface area contributed by atoms with E-state index in [1.54, 1.807) is 0 Å².